The zero-order valence-corrected chi connectivity index (χ0v) is 12.5. The van der Waals surface area contributed by atoms with Crippen LogP contribution < -0.4 is 5.32 Å². The van der Waals surface area contributed by atoms with Gasteiger partial charge in [0.25, 0.3) is 5.69 Å². The second kappa shape index (κ2) is 6.09. The van der Waals surface area contributed by atoms with E-state index in [1.807, 2.05) is 0 Å². The van der Waals surface area contributed by atoms with Crippen molar-refractivity contribution in [3.63, 3.8) is 0 Å². The zero-order valence-electron chi connectivity index (χ0n) is 11.7. The minimum atomic E-state index is -1.31. The van der Waals surface area contributed by atoms with E-state index in [2.05, 4.69) is 5.32 Å². The smallest absolute Gasteiger partial charge is 0.316 e. The number of hydrogen-bond acceptors (Lipinski definition) is 4. The van der Waals surface area contributed by atoms with Gasteiger partial charge < -0.3 is 10.4 Å². The first kappa shape index (κ1) is 16.9. The van der Waals surface area contributed by atoms with E-state index < -0.39 is 28.1 Å². The number of non-ortho nitro benzene ring substituents is 1. The first-order valence-electron chi connectivity index (χ1n) is 6.01. The molecule has 0 aliphatic carbocycles. The maximum absolute atomic E-state index is 12.1. The highest BCUT2D eigenvalue weighted by Crippen LogP contribution is 2.30. The number of carboxylic acids is 1. The number of nitrogens with one attached hydrogen (secondary N) is 1. The van der Waals surface area contributed by atoms with Crippen molar-refractivity contribution in [2.45, 2.75) is 20.8 Å². The van der Waals surface area contributed by atoms with Crippen molar-refractivity contribution in [2.75, 3.05) is 5.32 Å². The zero-order chi connectivity index (χ0) is 16.4. The Hall–Kier alpha value is -2.15. The fraction of sp³-hybridized carbons (Fsp3) is 0.385. The molecule has 7 nitrogen and oxygen atoms in total. The molecule has 0 aliphatic heterocycles. The number of rotatable bonds is 4. The Labute approximate surface area is 126 Å². The van der Waals surface area contributed by atoms with E-state index in [0.29, 0.717) is 0 Å². The summed E-state index contributed by atoms with van der Waals surface area (Å²) in [5, 5.41) is 22.3. The van der Waals surface area contributed by atoms with E-state index in [1.54, 1.807) is 20.8 Å². The van der Waals surface area contributed by atoms with Gasteiger partial charge in [0.15, 0.2) is 0 Å². The summed E-state index contributed by atoms with van der Waals surface area (Å²) in [7, 11) is 0. The van der Waals surface area contributed by atoms with Gasteiger partial charge in [-0.1, -0.05) is 32.4 Å². The van der Waals surface area contributed by atoms with Crippen LogP contribution in [0.4, 0.5) is 11.4 Å². The molecule has 0 saturated heterocycles. The van der Waals surface area contributed by atoms with Gasteiger partial charge in [0, 0.05) is 12.1 Å². The van der Waals surface area contributed by atoms with Crippen LogP contribution in [0.1, 0.15) is 20.8 Å². The van der Waals surface area contributed by atoms with E-state index in [1.165, 1.54) is 12.1 Å². The van der Waals surface area contributed by atoms with Gasteiger partial charge in [0.2, 0.25) is 5.91 Å². The Kier molecular flexibility index (Phi) is 4.90. The minimum absolute atomic E-state index is 0.00590. The SMILES string of the molecule is CC(C)(C)C(C(=O)O)C(=O)Nc1cc([N+](=O)[O-])ccc1Cl. The molecule has 0 spiro atoms. The van der Waals surface area contributed by atoms with Gasteiger partial charge in [-0.05, 0) is 11.5 Å². The lowest BCUT2D eigenvalue weighted by Crippen LogP contribution is -2.39. The van der Waals surface area contributed by atoms with Crippen LogP contribution in [0.25, 0.3) is 0 Å². The summed E-state index contributed by atoms with van der Waals surface area (Å²) in [6, 6.07) is 3.54. The third-order valence-corrected chi connectivity index (χ3v) is 3.12. The van der Waals surface area contributed by atoms with Crippen LogP contribution in [-0.4, -0.2) is 21.9 Å². The molecule has 1 aromatic carbocycles. The third-order valence-electron chi connectivity index (χ3n) is 2.79. The highest BCUT2D eigenvalue weighted by atomic mass is 35.5. The molecule has 0 radical (unpaired) electrons. The number of nitro groups is 1. The Bertz CT molecular complexity index is 595. The van der Waals surface area contributed by atoms with Crippen molar-refractivity contribution in [3.05, 3.63) is 33.3 Å². The van der Waals surface area contributed by atoms with Gasteiger partial charge in [-0.2, -0.15) is 0 Å². The van der Waals surface area contributed by atoms with Gasteiger partial charge in [0.05, 0.1) is 15.6 Å². The number of anilines is 1. The number of hydrogen-bond donors (Lipinski definition) is 2. The molecular formula is C13H15ClN2O5. The lowest BCUT2D eigenvalue weighted by atomic mass is 9.80. The molecule has 0 saturated carbocycles. The van der Waals surface area contributed by atoms with Gasteiger partial charge >= 0.3 is 5.97 Å². The summed E-state index contributed by atoms with van der Waals surface area (Å²) in [5.74, 6) is -3.37. The summed E-state index contributed by atoms with van der Waals surface area (Å²) < 4.78 is 0. The number of carbonyl (C=O) groups is 2. The number of halogens is 1. The molecule has 0 bridgehead atoms. The number of benzene rings is 1. The van der Waals surface area contributed by atoms with E-state index in [-0.39, 0.29) is 16.4 Å². The van der Waals surface area contributed by atoms with Crippen LogP contribution in [0, 0.1) is 21.4 Å². The fourth-order valence-corrected chi connectivity index (χ4v) is 1.97. The highest BCUT2D eigenvalue weighted by Gasteiger charge is 2.38. The van der Waals surface area contributed by atoms with Crippen LogP contribution in [0.3, 0.4) is 0 Å². The van der Waals surface area contributed by atoms with Crippen molar-refractivity contribution < 1.29 is 19.6 Å². The molecule has 1 rings (SSSR count). The molecule has 0 aromatic heterocycles. The average molecular weight is 315 g/mol. The van der Waals surface area contributed by atoms with E-state index >= 15 is 0 Å². The summed E-state index contributed by atoms with van der Waals surface area (Å²) in [5.41, 5.74) is -1.06. The summed E-state index contributed by atoms with van der Waals surface area (Å²) in [6.45, 7) is 4.83. The van der Waals surface area contributed by atoms with Crippen LogP contribution in [0.2, 0.25) is 5.02 Å². The van der Waals surface area contributed by atoms with E-state index in [9.17, 15) is 19.7 Å². The van der Waals surface area contributed by atoms with Crippen LogP contribution in [-0.2, 0) is 9.59 Å². The Morgan fingerprint density at radius 1 is 1.38 bits per heavy atom. The van der Waals surface area contributed by atoms with Crippen molar-refractivity contribution in [2.24, 2.45) is 11.3 Å². The summed E-state index contributed by atoms with van der Waals surface area (Å²) in [4.78, 5) is 33.4. The minimum Gasteiger partial charge on any atom is -0.481 e. The molecule has 1 aromatic rings. The monoisotopic (exact) mass is 314 g/mol. The number of nitro benzene ring substituents is 1. The first-order valence-corrected chi connectivity index (χ1v) is 6.39. The van der Waals surface area contributed by atoms with Gasteiger partial charge in [-0.25, -0.2) is 0 Å². The number of amides is 1. The molecule has 1 amide bonds. The predicted octanol–water partition coefficient (Wildman–Crippen LogP) is 2.93. The van der Waals surface area contributed by atoms with Crippen LogP contribution >= 0.6 is 11.6 Å². The second-order valence-electron chi connectivity index (χ2n) is 5.55. The van der Waals surface area contributed by atoms with Gasteiger partial charge in [0.1, 0.15) is 5.92 Å². The summed E-state index contributed by atoms with van der Waals surface area (Å²) in [6.07, 6.45) is 0. The summed E-state index contributed by atoms with van der Waals surface area (Å²) >= 11 is 5.86. The largest absolute Gasteiger partial charge is 0.481 e. The molecule has 2 N–H and O–H groups in total. The lowest BCUT2D eigenvalue weighted by Gasteiger charge is -2.26. The van der Waals surface area contributed by atoms with Gasteiger partial charge in [-0.3, -0.25) is 19.7 Å². The van der Waals surface area contributed by atoms with Crippen molar-refractivity contribution >= 4 is 34.9 Å². The van der Waals surface area contributed by atoms with Crippen LogP contribution in [0.15, 0.2) is 18.2 Å². The molecule has 0 aliphatic rings. The van der Waals surface area contributed by atoms with Crippen molar-refractivity contribution in [1.82, 2.24) is 0 Å². The maximum atomic E-state index is 12.1. The Morgan fingerprint density at radius 2 is 1.95 bits per heavy atom. The number of carbonyl (C=O) groups excluding carboxylic acids is 1. The first-order chi connectivity index (χ1) is 9.54. The van der Waals surface area contributed by atoms with E-state index in [0.717, 1.165) is 6.07 Å². The predicted molar refractivity (Wildman–Crippen MR) is 77.3 cm³/mol. The molecule has 1 unspecified atom stereocenters. The van der Waals surface area contributed by atoms with Crippen molar-refractivity contribution in [1.29, 1.82) is 0 Å². The molecule has 0 heterocycles. The number of aliphatic carboxylic acids is 1. The maximum Gasteiger partial charge on any atom is 0.316 e. The molecule has 0 fully saturated rings. The lowest BCUT2D eigenvalue weighted by molar-refractivity contribution is -0.384. The molecule has 114 valence electrons. The quantitative estimate of drug-likeness (QED) is 0.504. The Balaban J connectivity index is 3.10. The molecule has 8 heteroatoms. The van der Waals surface area contributed by atoms with Crippen molar-refractivity contribution in [3.8, 4) is 0 Å². The normalized spacial score (nSPS) is 12.6. The van der Waals surface area contributed by atoms with Crippen LogP contribution in [0.5, 0.6) is 0 Å². The average Bonchev–Trinajstić information content (AvgIpc) is 2.28. The highest BCUT2D eigenvalue weighted by molar-refractivity contribution is 6.34. The second-order valence-corrected chi connectivity index (χ2v) is 5.95. The molecule has 1 atom stereocenters. The number of nitrogens with zero attached hydrogens (tertiary/aromatic N) is 1. The van der Waals surface area contributed by atoms with Gasteiger partial charge in [-0.15, -0.1) is 0 Å². The number of carboxylic acid groups (broad SMARTS) is 1. The molecule has 21 heavy (non-hydrogen) atoms. The van der Waals surface area contributed by atoms with E-state index in [4.69, 9.17) is 16.7 Å². The standard InChI is InChI=1S/C13H15ClN2O5/c1-13(2,3)10(12(18)19)11(17)15-9-6-7(16(20)21)4-5-8(9)14/h4-6,10H,1-3H3,(H,15,17)(H,18,19). The Morgan fingerprint density at radius 3 is 2.38 bits per heavy atom. The topological polar surface area (TPSA) is 110 Å². The fourth-order valence-electron chi connectivity index (χ4n) is 1.80. The third kappa shape index (κ3) is 4.16. The molecular weight excluding hydrogens is 300 g/mol.